The third kappa shape index (κ3) is 3.59. The van der Waals surface area contributed by atoms with Gasteiger partial charge in [0, 0.05) is 23.9 Å². The number of anilines is 1. The number of hydrogen-bond donors (Lipinski definition) is 1. The van der Waals surface area contributed by atoms with E-state index in [2.05, 4.69) is 11.9 Å². The third-order valence-electron chi connectivity index (χ3n) is 6.75. The number of nitrogen functional groups attached to an aromatic ring is 1. The first kappa shape index (κ1) is 21.8. The largest absolute Gasteiger partial charge is 0.494 e. The lowest BCUT2D eigenvalue weighted by Gasteiger charge is -2.15. The number of fused-ring (bicyclic) bond motifs is 2. The predicted molar refractivity (Wildman–Crippen MR) is 127 cm³/mol. The Bertz CT molecular complexity index is 1390. The minimum absolute atomic E-state index is 0.00774. The van der Waals surface area contributed by atoms with Crippen molar-refractivity contribution < 1.29 is 23.3 Å². The van der Waals surface area contributed by atoms with Crippen molar-refractivity contribution in [2.45, 2.75) is 25.0 Å². The molecule has 0 radical (unpaired) electrons. The van der Waals surface area contributed by atoms with E-state index in [1.807, 2.05) is 22.7 Å². The van der Waals surface area contributed by atoms with Gasteiger partial charge in [-0.05, 0) is 36.4 Å². The van der Waals surface area contributed by atoms with E-state index in [1.54, 1.807) is 36.5 Å². The summed E-state index contributed by atoms with van der Waals surface area (Å²) in [5.41, 5.74) is 8.57. The number of aromatic nitrogens is 3. The van der Waals surface area contributed by atoms with Crippen LogP contribution in [0.3, 0.4) is 0 Å². The molecule has 2 aliphatic heterocycles. The molecule has 2 aliphatic rings. The fraction of sp³-hybridized carbons (Fsp3) is 0.308. The molecule has 0 aliphatic carbocycles. The highest BCUT2D eigenvalue weighted by atomic mass is 19.1. The minimum Gasteiger partial charge on any atom is -0.494 e. The highest BCUT2D eigenvalue weighted by Crippen LogP contribution is 2.41. The van der Waals surface area contributed by atoms with Gasteiger partial charge in [-0.1, -0.05) is 13.0 Å². The van der Waals surface area contributed by atoms with Crippen LogP contribution >= 0.6 is 0 Å². The van der Waals surface area contributed by atoms with Gasteiger partial charge in [-0.2, -0.15) is 4.39 Å². The molecule has 0 saturated carbocycles. The van der Waals surface area contributed by atoms with Crippen LogP contribution in [0.4, 0.5) is 10.2 Å². The molecule has 2 saturated heterocycles. The lowest BCUT2D eigenvalue weighted by Crippen LogP contribution is -2.25. The monoisotopic (exact) mass is 476 g/mol. The summed E-state index contributed by atoms with van der Waals surface area (Å²) in [4.78, 5) is 9.29. The fourth-order valence-corrected chi connectivity index (χ4v) is 5.00. The van der Waals surface area contributed by atoms with Crippen LogP contribution in [0.1, 0.15) is 18.7 Å². The van der Waals surface area contributed by atoms with Gasteiger partial charge in [0.1, 0.15) is 28.6 Å². The Morgan fingerprint density at radius 2 is 1.83 bits per heavy atom. The highest BCUT2D eigenvalue weighted by Gasteiger charge is 2.48. The van der Waals surface area contributed by atoms with Crippen LogP contribution in [-0.2, 0) is 9.47 Å². The van der Waals surface area contributed by atoms with E-state index in [4.69, 9.17) is 29.7 Å². The number of rotatable bonds is 5. The van der Waals surface area contributed by atoms with Crippen LogP contribution in [0.15, 0.2) is 54.9 Å². The molecule has 8 nitrogen and oxygen atoms in total. The quantitative estimate of drug-likeness (QED) is 0.455. The molecule has 9 heteroatoms. The predicted octanol–water partition coefficient (Wildman–Crippen LogP) is 4.44. The minimum atomic E-state index is -0.553. The van der Waals surface area contributed by atoms with Crippen molar-refractivity contribution in [1.29, 1.82) is 0 Å². The summed E-state index contributed by atoms with van der Waals surface area (Å²) < 4.78 is 39.4. The molecule has 0 amide bonds. The molecule has 35 heavy (non-hydrogen) atoms. The number of nitrogens with zero attached hydrogens (tertiary/aromatic N) is 3. The molecular formula is C26H25FN4O4. The standard InChI is InChI=1S/C26H25FN4O4/c1-14-12-33-24-17(13-34-23(14)24)26-30-21(22-25(28)29-10-11-31(22)26)15-6-8-16(9-7-15)35-19-5-3-4-18(32-2)20(19)27/h3-11,14,17,23-24H,12-13H2,1-2H3,(H2,28,29). The maximum atomic E-state index is 14.5. The van der Waals surface area contributed by atoms with Crippen LogP contribution in [0.5, 0.6) is 17.2 Å². The topological polar surface area (TPSA) is 93.1 Å². The Hall–Kier alpha value is -3.69. The Morgan fingerprint density at radius 3 is 2.63 bits per heavy atom. The summed E-state index contributed by atoms with van der Waals surface area (Å²) in [6.45, 7) is 3.37. The average molecular weight is 477 g/mol. The van der Waals surface area contributed by atoms with E-state index in [1.165, 1.54) is 7.11 Å². The molecule has 0 spiro atoms. The molecule has 180 valence electrons. The number of methoxy groups -OCH3 is 1. The first-order valence-electron chi connectivity index (χ1n) is 11.5. The second kappa shape index (κ2) is 8.51. The number of ether oxygens (including phenoxy) is 4. The molecule has 4 atom stereocenters. The summed E-state index contributed by atoms with van der Waals surface area (Å²) in [5.74, 6) is 1.70. The van der Waals surface area contributed by atoms with E-state index in [0.29, 0.717) is 36.4 Å². The van der Waals surface area contributed by atoms with Crippen LogP contribution in [0.2, 0.25) is 0 Å². The van der Waals surface area contributed by atoms with Crippen molar-refractivity contribution in [3.05, 3.63) is 66.5 Å². The van der Waals surface area contributed by atoms with E-state index in [-0.39, 0.29) is 29.6 Å². The van der Waals surface area contributed by atoms with Crippen LogP contribution in [-0.4, -0.2) is 46.9 Å². The van der Waals surface area contributed by atoms with Crippen molar-refractivity contribution in [2.24, 2.45) is 5.92 Å². The van der Waals surface area contributed by atoms with Gasteiger partial charge in [0.2, 0.25) is 5.82 Å². The van der Waals surface area contributed by atoms with Gasteiger partial charge < -0.3 is 24.7 Å². The number of imidazole rings is 1. The van der Waals surface area contributed by atoms with Gasteiger partial charge in [-0.3, -0.25) is 4.40 Å². The SMILES string of the molecule is COc1cccc(Oc2ccc(-c3nc(C4COC5C(C)COC45)n4ccnc(N)c34)cc2)c1F. The molecule has 2 aromatic carbocycles. The van der Waals surface area contributed by atoms with Gasteiger partial charge in [-0.25, -0.2) is 9.97 Å². The van der Waals surface area contributed by atoms with E-state index in [0.717, 1.165) is 16.9 Å². The number of hydrogen-bond acceptors (Lipinski definition) is 7. The fourth-order valence-electron chi connectivity index (χ4n) is 5.00. The van der Waals surface area contributed by atoms with Crippen molar-refractivity contribution in [2.75, 3.05) is 26.1 Å². The Kier molecular flexibility index (Phi) is 5.31. The summed E-state index contributed by atoms with van der Waals surface area (Å²) in [6.07, 6.45) is 3.57. The molecule has 0 bridgehead atoms. The second-order valence-corrected chi connectivity index (χ2v) is 8.93. The zero-order valence-corrected chi connectivity index (χ0v) is 19.3. The van der Waals surface area contributed by atoms with Crippen LogP contribution < -0.4 is 15.2 Å². The van der Waals surface area contributed by atoms with E-state index in [9.17, 15) is 4.39 Å². The van der Waals surface area contributed by atoms with E-state index < -0.39 is 5.82 Å². The van der Waals surface area contributed by atoms with Crippen molar-refractivity contribution in [3.8, 4) is 28.5 Å². The van der Waals surface area contributed by atoms with Crippen LogP contribution in [0, 0.1) is 11.7 Å². The molecular weight excluding hydrogens is 451 g/mol. The molecule has 4 unspecified atom stereocenters. The normalized spacial score (nSPS) is 23.5. The van der Waals surface area contributed by atoms with Gasteiger partial charge in [0.25, 0.3) is 0 Å². The zero-order chi connectivity index (χ0) is 24.1. The molecule has 2 fully saturated rings. The van der Waals surface area contributed by atoms with E-state index >= 15 is 0 Å². The number of benzene rings is 2. The summed E-state index contributed by atoms with van der Waals surface area (Å²) in [7, 11) is 1.41. The summed E-state index contributed by atoms with van der Waals surface area (Å²) in [6, 6.07) is 12.0. The van der Waals surface area contributed by atoms with Crippen molar-refractivity contribution in [1.82, 2.24) is 14.4 Å². The first-order chi connectivity index (χ1) is 17.0. The van der Waals surface area contributed by atoms with Gasteiger partial charge in [-0.15, -0.1) is 0 Å². The lowest BCUT2D eigenvalue weighted by atomic mass is 9.97. The third-order valence-corrected chi connectivity index (χ3v) is 6.75. The highest BCUT2D eigenvalue weighted by molar-refractivity contribution is 5.85. The van der Waals surface area contributed by atoms with Gasteiger partial charge in [0.05, 0.1) is 38.4 Å². The number of halogens is 1. The maximum Gasteiger partial charge on any atom is 0.207 e. The van der Waals surface area contributed by atoms with Crippen molar-refractivity contribution in [3.63, 3.8) is 0 Å². The lowest BCUT2D eigenvalue weighted by molar-refractivity contribution is 0.0646. The van der Waals surface area contributed by atoms with Gasteiger partial charge in [0.15, 0.2) is 11.5 Å². The molecule has 4 heterocycles. The summed E-state index contributed by atoms with van der Waals surface area (Å²) >= 11 is 0. The molecule has 2 aromatic heterocycles. The van der Waals surface area contributed by atoms with Crippen LogP contribution in [0.25, 0.3) is 16.8 Å². The Balaban J connectivity index is 1.35. The zero-order valence-electron chi connectivity index (χ0n) is 19.3. The average Bonchev–Trinajstić information content (AvgIpc) is 3.56. The Labute approximate surface area is 201 Å². The summed E-state index contributed by atoms with van der Waals surface area (Å²) in [5, 5.41) is 0. The second-order valence-electron chi connectivity index (χ2n) is 8.93. The maximum absolute atomic E-state index is 14.5. The molecule has 4 aromatic rings. The molecule has 2 N–H and O–H groups in total. The van der Waals surface area contributed by atoms with Gasteiger partial charge >= 0.3 is 0 Å². The Morgan fingerprint density at radius 1 is 1.06 bits per heavy atom. The molecule has 6 rings (SSSR count). The number of nitrogens with two attached hydrogens (primary N) is 1. The van der Waals surface area contributed by atoms with Crippen molar-refractivity contribution >= 4 is 11.3 Å². The first-order valence-corrected chi connectivity index (χ1v) is 11.5. The smallest absolute Gasteiger partial charge is 0.207 e.